The molecule has 1 saturated heterocycles. The Kier molecular flexibility index (Phi) is 6.74. The third kappa shape index (κ3) is 5.34. The Bertz CT molecular complexity index is 328. The van der Waals surface area contributed by atoms with Gasteiger partial charge >= 0.3 is 12.0 Å². The summed E-state index contributed by atoms with van der Waals surface area (Å²) in [5.41, 5.74) is 0. The molecule has 1 fully saturated rings. The molecular formula is C13H25N3O4. The maximum Gasteiger partial charge on any atom is 0.326 e. The second-order valence-corrected chi connectivity index (χ2v) is 5.55. The molecule has 7 heteroatoms. The number of aliphatic hydroxyl groups excluding tert-OH is 1. The summed E-state index contributed by atoms with van der Waals surface area (Å²) in [5.74, 6) is -0.531. The van der Waals surface area contributed by atoms with E-state index in [0.717, 1.165) is 19.4 Å². The molecule has 0 aromatic carbocycles. The Labute approximate surface area is 119 Å². The molecule has 0 saturated carbocycles. The largest absolute Gasteiger partial charge is 0.480 e. The van der Waals surface area contributed by atoms with Crippen molar-refractivity contribution in [2.24, 2.45) is 5.92 Å². The number of carbonyl (C=O) groups excluding carboxylic acids is 1. The van der Waals surface area contributed by atoms with Crippen LogP contribution in [0.1, 0.15) is 19.3 Å². The van der Waals surface area contributed by atoms with Crippen LogP contribution in [0.25, 0.3) is 0 Å². The molecule has 0 aromatic heterocycles. The van der Waals surface area contributed by atoms with Gasteiger partial charge in [0.05, 0.1) is 0 Å². The summed E-state index contributed by atoms with van der Waals surface area (Å²) >= 11 is 0. The molecule has 1 aliphatic rings. The summed E-state index contributed by atoms with van der Waals surface area (Å²) < 4.78 is 0. The van der Waals surface area contributed by atoms with Crippen LogP contribution < -0.4 is 5.32 Å². The van der Waals surface area contributed by atoms with E-state index in [2.05, 4.69) is 10.2 Å². The molecule has 7 nitrogen and oxygen atoms in total. The Hall–Kier alpha value is -1.34. The summed E-state index contributed by atoms with van der Waals surface area (Å²) in [6.45, 7) is 2.05. The fraction of sp³-hybridized carbons (Fsp3) is 0.846. The van der Waals surface area contributed by atoms with Crippen LogP contribution >= 0.6 is 0 Å². The van der Waals surface area contributed by atoms with Crippen molar-refractivity contribution < 1.29 is 19.8 Å². The number of aliphatic hydroxyl groups is 1. The second-order valence-electron chi connectivity index (χ2n) is 5.55. The van der Waals surface area contributed by atoms with E-state index in [0.29, 0.717) is 19.0 Å². The number of nitrogens with one attached hydrogen (secondary N) is 1. The molecule has 0 unspecified atom stereocenters. The number of rotatable bonds is 6. The zero-order valence-electron chi connectivity index (χ0n) is 12.2. The molecule has 0 aromatic rings. The molecule has 0 aliphatic carbocycles. The maximum atomic E-state index is 12.0. The van der Waals surface area contributed by atoms with Crippen molar-refractivity contribution >= 4 is 12.0 Å². The van der Waals surface area contributed by atoms with Gasteiger partial charge in [-0.1, -0.05) is 0 Å². The standard InChI is InChI=1S/C13H25N3O4/c1-15(2)9-10-3-6-16(7-4-10)13(20)14-11(5-8-17)12(18)19/h10-11,17H,3-9H2,1-2H3,(H,14,20)(H,18,19)/t11-/m1/s1. The predicted molar refractivity (Wildman–Crippen MR) is 74.5 cm³/mol. The highest BCUT2D eigenvalue weighted by Crippen LogP contribution is 2.17. The smallest absolute Gasteiger partial charge is 0.326 e. The second kappa shape index (κ2) is 8.06. The van der Waals surface area contributed by atoms with Crippen molar-refractivity contribution in [3.05, 3.63) is 0 Å². The van der Waals surface area contributed by atoms with E-state index in [9.17, 15) is 9.59 Å². The van der Waals surface area contributed by atoms with Gasteiger partial charge in [0.1, 0.15) is 6.04 Å². The number of carboxylic acid groups (broad SMARTS) is 1. The summed E-state index contributed by atoms with van der Waals surface area (Å²) in [5, 5.41) is 20.2. The highest BCUT2D eigenvalue weighted by Gasteiger charge is 2.26. The number of amides is 2. The summed E-state index contributed by atoms with van der Waals surface area (Å²) in [7, 11) is 4.07. The lowest BCUT2D eigenvalue weighted by molar-refractivity contribution is -0.139. The zero-order valence-corrected chi connectivity index (χ0v) is 12.2. The fourth-order valence-corrected chi connectivity index (χ4v) is 2.46. The lowest BCUT2D eigenvalue weighted by Gasteiger charge is -2.33. The number of urea groups is 1. The van der Waals surface area contributed by atoms with Gasteiger partial charge < -0.3 is 25.3 Å². The van der Waals surface area contributed by atoms with Crippen molar-refractivity contribution in [1.82, 2.24) is 15.1 Å². The number of piperidine rings is 1. The lowest BCUT2D eigenvalue weighted by Crippen LogP contribution is -2.50. The minimum atomic E-state index is -1.12. The summed E-state index contributed by atoms with van der Waals surface area (Å²) in [4.78, 5) is 26.7. The number of carbonyl (C=O) groups is 2. The highest BCUT2D eigenvalue weighted by molar-refractivity contribution is 5.82. The normalized spacial score (nSPS) is 18.1. The number of hydrogen-bond donors (Lipinski definition) is 3. The van der Waals surface area contributed by atoms with Crippen molar-refractivity contribution in [3.63, 3.8) is 0 Å². The van der Waals surface area contributed by atoms with Gasteiger partial charge in [0.25, 0.3) is 0 Å². The van der Waals surface area contributed by atoms with Gasteiger partial charge in [0.2, 0.25) is 0 Å². The van der Waals surface area contributed by atoms with E-state index < -0.39 is 12.0 Å². The zero-order chi connectivity index (χ0) is 15.1. The van der Waals surface area contributed by atoms with Gasteiger partial charge in [0, 0.05) is 32.7 Å². The van der Waals surface area contributed by atoms with Gasteiger partial charge in [-0.3, -0.25) is 0 Å². The van der Waals surface area contributed by atoms with E-state index in [1.165, 1.54) is 0 Å². The molecule has 0 spiro atoms. The molecule has 3 N–H and O–H groups in total. The SMILES string of the molecule is CN(C)CC1CCN(C(=O)N[C@H](CCO)C(=O)O)CC1. The first-order chi connectivity index (χ1) is 9.43. The maximum absolute atomic E-state index is 12.0. The highest BCUT2D eigenvalue weighted by atomic mass is 16.4. The average molecular weight is 287 g/mol. The first-order valence-electron chi connectivity index (χ1n) is 6.98. The first kappa shape index (κ1) is 16.7. The van der Waals surface area contributed by atoms with Gasteiger partial charge in [0.15, 0.2) is 0 Å². The number of aliphatic carboxylic acids is 1. The average Bonchev–Trinajstić information content (AvgIpc) is 2.38. The van der Waals surface area contributed by atoms with Crippen LogP contribution in [-0.4, -0.2) is 78.4 Å². The third-order valence-corrected chi connectivity index (χ3v) is 3.54. The van der Waals surface area contributed by atoms with Crippen molar-refractivity contribution in [1.29, 1.82) is 0 Å². The third-order valence-electron chi connectivity index (χ3n) is 3.54. The minimum Gasteiger partial charge on any atom is -0.480 e. The molecule has 1 atom stereocenters. The number of nitrogens with zero attached hydrogens (tertiary/aromatic N) is 2. The van der Waals surface area contributed by atoms with E-state index in [1.807, 2.05) is 14.1 Å². The predicted octanol–water partition coefficient (Wildman–Crippen LogP) is -0.195. The monoisotopic (exact) mass is 287 g/mol. The van der Waals surface area contributed by atoms with Gasteiger partial charge in [-0.05, 0) is 32.9 Å². The number of likely N-dealkylation sites (tertiary alicyclic amines) is 1. The molecule has 2 amide bonds. The fourth-order valence-electron chi connectivity index (χ4n) is 2.46. The summed E-state index contributed by atoms with van der Waals surface area (Å²) in [6.07, 6.45) is 1.89. The quantitative estimate of drug-likeness (QED) is 0.629. The molecule has 0 bridgehead atoms. The number of carboxylic acids is 1. The molecule has 20 heavy (non-hydrogen) atoms. The van der Waals surface area contributed by atoms with Crippen LogP contribution in [0.3, 0.4) is 0 Å². The molecule has 1 heterocycles. The molecule has 1 aliphatic heterocycles. The Morgan fingerprint density at radius 2 is 1.95 bits per heavy atom. The van der Waals surface area contributed by atoms with Crippen molar-refractivity contribution in [3.8, 4) is 0 Å². The van der Waals surface area contributed by atoms with Gasteiger partial charge in [-0.25, -0.2) is 9.59 Å². The van der Waals surface area contributed by atoms with Crippen LogP contribution in [0.2, 0.25) is 0 Å². The Balaban J connectivity index is 2.40. The van der Waals surface area contributed by atoms with Crippen molar-refractivity contribution in [2.75, 3.05) is 40.3 Å². The first-order valence-corrected chi connectivity index (χ1v) is 6.98. The molecule has 0 radical (unpaired) electrons. The van der Waals surface area contributed by atoms with Crippen LogP contribution in [0.4, 0.5) is 4.79 Å². The molecule has 1 rings (SSSR count). The number of hydrogen-bond acceptors (Lipinski definition) is 4. The van der Waals surface area contributed by atoms with Crippen LogP contribution in [0.15, 0.2) is 0 Å². The van der Waals surface area contributed by atoms with Crippen LogP contribution in [-0.2, 0) is 4.79 Å². The Morgan fingerprint density at radius 1 is 1.35 bits per heavy atom. The van der Waals surface area contributed by atoms with E-state index in [1.54, 1.807) is 4.90 Å². The Morgan fingerprint density at radius 3 is 2.40 bits per heavy atom. The minimum absolute atomic E-state index is 0.0260. The van der Waals surface area contributed by atoms with Crippen molar-refractivity contribution in [2.45, 2.75) is 25.3 Å². The molecule has 116 valence electrons. The van der Waals surface area contributed by atoms with Crippen LogP contribution in [0.5, 0.6) is 0 Å². The van der Waals surface area contributed by atoms with E-state index in [-0.39, 0.29) is 19.1 Å². The van der Waals surface area contributed by atoms with Gasteiger partial charge in [-0.15, -0.1) is 0 Å². The molecular weight excluding hydrogens is 262 g/mol. The lowest BCUT2D eigenvalue weighted by atomic mass is 9.96. The van der Waals surface area contributed by atoms with E-state index >= 15 is 0 Å². The summed E-state index contributed by atoms with van der Waals surface area (Å²) in [6, 6.07) is -1.37. The topological polar surface area (TPSA) is 93.1 Å². The van der Waals surface area contributed by atoms with E-state index in [4.69, 9.17) is 10.2 Å². The van der Waals surface area contributed by atoms with Gasteiger partial charge in [-0.2, -0.15) is 0 Å². The van der Waals surface area contributed by atoms with Crippen LogP contribution in [0, 0.1) is 5.92 Å².